The van der Waals surface area contributed by atoms with E-state index in [1.165, 1.54) is 35.7 Å². The number of hydrogen-bond acceptors (Lipinski definition) is 13. The lowest BCUT2D eigenvalue weighted by Crippen LogP contribution is -2.51. The maximum atomic E-state index is 14.9. The Labute approximate surface area is 301 Å². The van der Waals surface area contributed by atoms with Gasteiger partial charge in [0, 0.05) is 84.8 Å². The lowest BCUT2D eigenvalue weighted by atomic mass is 9.72. The highest BCUT2D eigenvalue weighted by molar-refractivity contribution is 8.14. The Balaban J connectivity index is 0.000000205. The minimum Gasteiger partial charge on any atom is -0.444 e. The van der Waals surface area contributed by atoms with Crippen molar-refractivity contribution in [3.05, 3.63) is 79.4 Å². The van der Waals surface area contributed by atoms with E-state index in [2.05, 4.69) is 10.3 Å². The summed E-state index contributed by atoms with van der Waals surface area (Å²) in [6, 6.07) is 7.05. The number of fused-ring (bicyclic) bond motifs is 2. The molecule has 0 radical (unpaired) electrons. The predicted octanol–water partition coefficient (Wildman–Crippen LogP) is 6.40. The summed E-state index contributed by atoms with van der Waals surface area (Å²) in [6.07, 6.45) is -0.183. The number of amides is 1. The van der Waals surface area contributed by atoms with E-state index >= 15 is 0 Å². The summed E-state index contributed by atoms with van der Waals surface area (Å²) < 4.78 is 46.0. The number of aliphatic imine (C=N–C) groups is 2. The van der Waals surface area contributed by atoms with Crippen LogP contribution in [0, 0.1) is 43.7 Å². The number of carbonyl (C=O) groups is 1. The summed E-state index contributed by atoms with van der Waals surface area (Å²) in [5.74, 6) is -0.177. The first-order valence-electron chi connectivity index (χ1n) is 16.3. The van der Waals surface area contributed by atoms with Crippen LogP contribution in [0.1, 0.15) is 58.6 Å². The SMILES string of the molecule is C[C@H]1OCC[C@]2(c3cc([N+](=O)[O-])ccc3F)N=C(N)SC[C@H]12.C[C@H]1OCC[C@]2(c3cc([N+](=O)[O-])ccc3F)N=C(NC(=O)OC(C)(C)C)SC[C@H]12. The van der Waals surface area contributed by atoms with Gasteiger partial charge in [0.25, 0.3) is 11.4 Å². The molecule has 276 valence electrons. The maximum Gasteiger partial charge on any atom is 0.413 e. The lowest BCUT2D eigenvalue weighted by molar-refractivity contribution is -0.385. The molecule has 6 atom stereocenters. The average molecular weight is 751 g/mol. The first-order chi connectivity index (χ1) is 24.0. The van der Waals surface area contributed by atoms with Crippen LogP contribution in [0.25, 0.3) is 0 Å². The molecule has 4 heterocycles. The smallest absolute Gasteiger partial charge is 0.413 e. The maximum absolute atomic E-state index is 14.9. The third kappa shape index (κ3) is 8.13. The monoisotopic (exact) mass is 750 g/mol. The molecule has 0 aromatic heterocycles. The van der Waals surface area contributed by atoms with Crippen LogP contribution < -0.4 is 11.1 Å². The molecule has 0 bridgehead atoms. The molecular weight excluding hydrogens is 711 g/mol. The Morgan fingerprint density at radius 3 is 1.84 bits per heavy atom. The molecule has 2 saturated heterocycles. The fourth-order valence-corrected chi connectivity index (χ4v) is 9.34. The van der Waals surface area contributed by atoms with E-state index in [9.17, 15) is 33.8 Å². The highest BCUT2D eigenvalue weighted by Crippen LogP contribution is 2.50. The van der Waals surface area contributed by atoms with Crippen LogP contribution in [0.3, 0.4) is 0 Å². The van der Waals surface area contributed by atoms with Crippen molar-refractivity contribution in [2.45, 2.75) is 76.3 Å². The summed E-state index contributed by atoms with van der Waals surface area (Å²) in [5, 5.41) is 25.6. The number of nitrogens with zero attached hydrogens (tertiary/aromatic N) is 4. The van der Waals surface area contributed by atoms with Gasteiger partial charge in [0.2, 0.25) is 0 Å². The number of nitro benzene ring substituents is 2. The van der Waals surface area contributed by atoms with Crippen molar-refractivity contribution in [1.82, 2.24) is 5.32 Å². The molecule has 2 aromatic rings. The molecule has 6 rings (SSSR count). The molecule has 51 heavy (non-hydrogen) atoms. The van der Waals surface area contributed by atoms with Crippen LogP contribution >= 0.6 is 23.5 Å². The quantitative estimate of drug-likeness (QED) is 0.260. The number of carbonyl (C=O) groups excluding carboxylic acids is 1. The van der Waals surface area contributed by atoms with Gasteiger partial charge in [-0.2, -0.15) is 0 Å². The van der Waals surface area contributed by atoms with Crippen molar-refractivity contribution in [2.24, 2.45) is 27.6 Å². The number of thioether (sulfide) groups is 2. The number of nitrogens with two attached hydrogens (primary N) is 1. The van der Waals surface area contributed by atoms with Crippen LogP contribution in [-0.2, 0) is 25.3 Å². The molecule has 4 aliphatic heterocycles. The number of nitro groups is 2. The largest absolute Gasteiger partial charge is 0.444 e. The zero-order chi connectivity index (χ0) is 37.3. The molecule has 0 saturated carbocycles. The molecule has 4 aliphatic rings. The Morgan fingerprint density at radius 2 is 1.37 bits per heavy atom. The van der Waals surface area contributed by atoms with Gasteiger partial charge in [-0.05, 0) is 46.8 Å². The topological polar surface area (TPSA) is 194 Å². The van der Waals surface area contributed by atoms with Gasteiger partial charge >= 0.3 is 6.09 Å². The Hall–Kier alpha value is -3.87. The lowest BCUT2D eigenvalue weighted by Gasteiger charge is -2.47. The van der Waals surface area contributed by atoms with Gasteiger partial charge in [-0.1, -0.05) is 23.5 Å². The fourth-order valence-electron chi connectivity index (χ4n) is 6.95. The van der Waals surface area contributed by atoms with Gasteiger partial charge in [-0.15, -0.1) is 0 Å². The normalized spacial score (nSPS) is 28.8. The number of benzene rings is 2. The van der Waals surface area contributed by atoms with Gasteiger partial charge in [0.15, 0.2) is 10.3 Å². The second kappa shape index (κ2) is 15.0. The third-order valence-electron chi connectivity index (χ3n) is 9.37. The average Bonchev–Trinajstić information content (AvgIpc) is 3.04. The molecule has 3 N–H and O–H groups in total. The molecule has 14 nitrogen and oxygen atoms in total. The van der Waals surface area contributed by atoms with Crippen molar-refractivity contribution >= 4 is 51.3 Å². The van der Waals surface area contributed by atoms with E-state index in [0.717, 1.165) is 24.3 Å². The van der Waals surface area contributed by atoms with E-state index in [1.807, 2.05) is 13.8 Å². The number of ether oxygens (including phenoxy) is 3. The minimum atomic E-state index is -1.07. The van der Waals surface area contributed by atoms with E-state index in [-0.39, 0.29) is 46.5 Å². The molecule has 1 amide bonds. The Morgan fingerprint density at radius 1 is 0.902 bits per heavy atom. The summed E-state index contributed by atoms with van der Waals surface area (Å²) in [7, 11) is 0. The second-order valence-corrected chi connectivity index (χ2v) is 15.7. The van der Waals surface area contributed by atoms with Gasteiger partial charge in [-0.25, -0.2) is 13.6 Å². The number of amidine groups is 2. The number of rotatable bonds is 4. The summed E-state index contributed by atoms with van der Waals surface area (Å²) in [5.41, 5.74) is 3.29. The molecular formula is C33H40F2N6O8S2. The summed E-state index contributed by atoms with van der Waals surface area (Å²) in [6.45, 7) is 9.80. The van der Waals surface area contributed by atoms with Crippen LogP contribution in [0.5, 0.6) is 0 Å². The van der Waals surface area contributed by atoms with Crippen molar-refractivity contribution in [3.63, 3.8) is 0 Å². The number of hydrogen-bond donors (Lipinski definition) is 2. The number of non-ortho nitro benzene ring substituents is 2. The van der Waals surface area contributed by atoms with Crippen LogP contribution in [0.2, 0.25) is 0 Å². The van der Waals surface area contributed by atoms with Crippen LogP contribution in [0.4, 0.5) is 25.0 Å². The van der Waals surface area contributed by atoms with E-state index in [4.69, 9.17) is 24.9 Å². The zero-order valence-electron chi connectivity index (χ0n) is 28.7. The predicted molar refractivity (Wildman–Crippen MR) is 190 cm³/mol. The van der Waals surface area contributed by atoms with E-state index in [1.54, 1.807) is 20.8 Å². The van der Waals surface area contributed by atoms with Crippen molar-refractivity contribution < 1.29 is 37.6 Å². The highest BCUT2D eigenvalue weighted by atomic mass is 32.2. The Kier molecular flexibility index (Phi) is 11.3. The number of nitrogens with one attached hydrogen (secondary N) is 1. The highest BCUT2D eigenvalue weighted by Gasteiger charge is 2.52. The number of halogens is 2. The van der Waals surface area contributed by atoms with Crippen LogP contribution in [-0.4, -0.2) is 68.8 Å². The van der Waals surface area contributed by atoms with Crippen LogP contribution in [0.15, 0.2) is 46.4 Å². The fraction of sp³-hybridized carbons (Fsp3) is 0.545. The minimum absolute atomic E-state index is 0.0740. The zero-order valence-corrected chi connectivity index (χ0v) is 30.4. The summed E-state index contributed by atoms with van der Waals surface area (Å²) in [4.78, 5) is 42.6. The molecule has 0 aliphatic carbocycles. The third-order valence-corrected chi connectivity index (χ3v) is 11.3. The van der Waals surface area contributed by atoms with Gasteiger partial charge in [0.05, 0.1) is 33.1 Å². The molecule has 2 aromatic carbocycles. The molecule has 2 fully saturated rings. The summed E-state index contributed by atoms with van der Waals surface area (Å²) >= 11 is 2.73. The molecule has 18 heteroatoms. The first kappa shape index (κ1) is 38.4. The molecule has 0 unspecified atom stereocenters. The van der Waals surface area contributed by atoms with Gasteiger partial charge in [0.1, 0.15) is 17.2 Å². The van der Waals surface area contributed by atoms with E-state index < -0.39 is 44.3 Å². The standard InChI is InChI=1S/C19H24FN3O5S.C14H16FN3O3S/c1-11-14-10-29-16(21-17(24)28-18(2,3)4)22-19(14,7-8-27-11)13-9-12(23(25)26)5-6-15(13)20;1-8-11-7-22-13(16)17-14(11,4-5-21-8)10-6-9(18(19)20)2-3-12(10)15/h5-6,9,11,14H,7-8,10H2,1-4H3,(H,21,22,24);2-3,6,8,11H,4-5,7H2,1H3,(H2,16,17)/t11-,14-,19-;8-,11-,14-/m11/s1. The molecule has 0 spiro atoms. The van der Waals surface area contributed by atoms with E-state index in [0.29, 0.717) is 47.9 Å². The first-order valence-corrected chi connectivity index (χ1v) is 18.3. The van der Waals surface area contributed by atoms with Gasteiger partial charge < -0.3 is 19.9 Å². The van der Waals surface area contributed by atoms with Crippen molar-refractivity contribution in [1.29, 1.82) is 0 Å². The Bertz CT molecular complexity index is 1760. The number of alkyl carbamates (subject to hydrolysis) is 1. The second-order valence-electron chi connectivity index (χ2n) is 13.7. The van der Waals surface area contributed by atoms with Crippen molar-refractivity contribution in [3.8, 4) is 0 Å². The van der Waals surface area contributed by atoms with Crippen molar-refractivity contribution in [2.75, 3.05) is 24.7 Å². The van der Waals surface area contributed by atoms with Gasteiger partial charge in [-0.3, -0.25) is 35.5 Å².